The number of rotatable bonds is 4. The Kier molecular flexibility index (Phi) is 3.77. The fourth-order valence-electron chi connectivity index (χ4n) is 5.40. The van der Waals surface area contributed by atoms with Crippen LogP contribution in [0.5, 0.6) is 0 Å². The lowest BCUT2D eigenvalue weighted by atomic mass is 9.83. The smallest absolute Gasteiger partial charge is 0.311 e. The first kappa shape index (κ1) is 17.0. The summed E-state index contributed by atoms with van der Waals surface area (Å²) in [6, 6.07) is -0.423. The van der Waals surface area contributed by atoms with Crippen LogP contribution in [0.3, 0.4) is 0 Å². The number of carbonyl (C=O) groups is 2. The largest absolute Gasteiger partial charge is 0.461 e. The molecule has 4 rings (SSSR count). The lowest BCUT2D eigenvalue weighted by Gasteiger charge is -2.33. The molecule has 0 aromatic carbocycles. The summed E-state index contributed by atoms with van der Waals surface area (Å²) in [5.74, 6) is -2.28. The summed E-state index contributed by atoms with van der Waals surface area (Å²) in [7, 11) is -3.62. The van der Waals surface area contributed by atoms with Crippen molar-refractivity contribution in [3.05, 3.63) is 12.7 Å². The molecular weight excluding hydrogens is 346 g/mol. The van der Waals surface area contributed by atoms with E-state index in [1.165, 1.54) is 6.92 Å². The van der Waals surface area contributed by atoms with Gasteiger partial charge in [0.15, 0.2) is 0 Å². The Morgan fingerprint density at radius 1 is 1.24 bits per heavy atom. The van der Waals surface area contributed by atoms with Gasteiger partial charge in [0.05, 0.1) is 17.2 Å². The van der Waals surface area contributed by atoms with Gasteiger partial charge in [0.2, 0.25) is 10.0 Å². The summed E-state index contributed by atoms with van der Waals surface area (Å²) in [5, 5.41) is -0.787. The molecule has 0 aromatic heterocycles. The van der Waals surface area contributed by atoms with Crippen LogP contribution in [0.4, 0.5) is 0 Å². The second-order valence-electron chi connectivity index (χ2n) is 7.71. The van der Waals surface area contributed by atoms with Crippen molar-refractivity contribution >= 4 is 22.0 Å². The van der Waals surface area contributed by atoms with Gasteiger partial charge >= 0.3 is 11.9 Å². The molecule has 2 bridgehead atoms. The van der Waals surface area contributed by atoms with E-state index in [-0.39, 0.29) is 11.8 Å². The third-order valence-electron chi connectivity index (χ3n) is 6.38. The Balaban J connectivity index is 1.63. The van der Waals surface area contributed by atoms with Crippen molar-refractivity contribution in [2.24, 2.45) is 17.8 Å². The van der Waals surface area contributed by atoms with Crippen LogP contribution in [0.1, 0.15) is 39.0 Å². The fourth-order valence-corrected chi connectivity index (χ4v) is 7.69. The minimum atomic E-state index is -3.62. The molecule has 138 valence electrons. The number of carbonyl (C=O) groups excluding carboxylic acids is 2. The Hall–Kier alpha value is -1.41. The molecule has 7 nitrogen and oxygen atoms in total. The van der Waals surface area contributed by atoms with Crippen LogP contribution in [-0.2, 0) is 29.1 Å². The van der Waals surface area contributed by atoms with E-state index in [9.17, 15) is 18.0 Å². The number of ether oxygens (including phenoxy) is 2. The maximum atomic E-state index is 13.0. The van der Waals surface area contributed by atoms with Gasteiger partial charge < -0.3 is 9.47 Å². The second-order valence-corrected chi connectivity index (χ2v) is 9.58. The topological polar surface area (TPSA) is 98.8 Å². The molecule has 8 heteroatoms. The zero-order chi connectivity index (χ0) is 18.0. The van der Waals surface area contributed by atoms with Gasteiger partial charge in [-0.3, -0.25) is 9.59 Å². The molecule has 1 saturated heterocycles. The van der Waals surface area contributed by atoms with Crippen LogP contribution in [0.2, 0.25) is 0 Å². The average molecular weight is 369 g/mol. The van der Waals surface area contributed by atoms with Gasteiger partial charge in [-0.25, -0.2) is 13.1 Å². The van der Waals surface area contributed by atoms with E-state index < -0.39 is 50.9 Å². The summed E-state index contributed by atoms with van der Waals surface area (Å²) in [5.41, 5.74) is -0.689. The first-order chi connectivity index (χ1) is 11.8. The molecule has 0 spiro atoms. The first-order valence-electron chi connectivity index (χ1n) is 8.83. The maximum Gasteiger partial charge on any atom is 0.311 e. The molecule has 4 fully saturated rings. The van der Waals surface area contributed by atoms with Crippen LogP contribution in [-0.4, -0.2) is 43.4 Å². The first-order valence-corrected chi connectivity index (χ1v) is 10.4. The molecule has 0 radical (unpaired) electrons. The Morgan fingerprint density at radius 2 is 1.92 bits per heavy atom. The second kappa shape index (κ2) is 5.54. The molecule has 4 aliphatic rings. The number of hydrogen-bond donors (Lipinski definition) is 1. The summed E-state index contributed by atoms with van der Waals surface area (Å²) in [4.78, 5) is 24.4. The number of esters is 2. The van der Waals surface area contributed by atoms with Crippen molar-refractivity contribution in [3.8, 4) is 0 Å². The van der Waals surface area contributed by atoms with Gasteiger partial charge in [-0.05, 0) is 44.1 Å². The highest BCUT2D eigenvalue weighted by atomic mass is 32.2. The van der Waals surface area contributed by atoms with Crippen LogP contribution in [0, 0.1) is 17.8 Å². The van der Waals surface area contributed by atoms with Crippen LogP contribution in [0.15, 0.2) is 12.7 Å². The molecule has 0 amide bonds. The number of nitrogens with one attached hydrogen (secondary N) is 1. The van der Waals surface area contributed by atoms with Gasteiger partial charge in [0.1, 0.15) is 11.7 Å². The Bertz CT molecular complexity index is 725. The molecular formula is C17H23NO6S. The zero-order valence-corrected chi connectivity index (χ0v) is 15.0. The predicted molar refractivity (Wildman–Crippen MR) is 87.8 cm³/mol. The van der Waals surface area contributed by atoms with E-state index in [0.717, 1.165) is 12.8 Å². The van der Waals surface area contributed by atoms with E-state index in [1.54, 1.807) is 6.08 Å². The third-order valence-corrected chi connectivity index (χ3v) is 8.34. The highest BCUT2D eigenvalue weighted by molar-refractivity contribution is 7.90. The third kappa shape index (κ3) is 2.44. The van der Waals surface area contributed by atoms with E-state index in [2.05, 4.69) is 11.3 Å². The lowest BCUT2D eigenvalue weighted by Crippen LogP contribution is -2.48. The monoisotopic (exact) mass is 369 g/mol. The molecule has 1 aliphatic heterocycles. The van der Waals surface area contributed by atoms with E-state index in [1.807, 2.05) is 0 Å². The number of sulfonamides is 1. The minimum Gasteiger partial charge on any atom is -0.461 e. The van der Waals surface area contributed by atoms with E-state index in [4.69, 9.17) is 9.47 Å². The van der Waals surface area contributed by atoms with E-state index in [0.29, 0.717) is 19.3 Å². The molecule has 0 aromatic rings. The van der Waals surface area contributed by atoms with E-state index >= 15 is 0 Å². The quantitative estimate of drug-likeness (QED) is 0.584. The van der Waals surface area contributed by atoms with Crippen LogP contribution >= 0.6 is 0 Å². The highest BCUT2D eigenvalue weighted by Gasteiger charge is 2.70. The Morgan fingerprint density at radius 3 is 2.52 bits per heavy atom. The molecule has 6 atom stereocenters. The summed E-state index contributed by atoms with van der Waals surface area (Å²) in [6.45, 7) is 5.09. The van der Waals surface area contributed by atoms with Crippen molar-refractivity contribution in [3.63, 3.8) is 0 Å². The summed E-state index contributed by atoms with van der Waals surface area (Å²) >= 11 is 0. The fraction of sp³-hybridized carbons (Fsp3) is 0.765. The summed E-state index contributed by atoms with van der Waals surface area (Å²) < 4.78 is 38.8. The minimum absolute atomic E-state index is 0.208. The van der Waals surface area contributed by atoms with Crippen LogP contribution in [0.25, 0.3) is 0 Å². The van der Waals surface area contributed by atoms with Gasteiger partial charge in [-0.2, -0.15) is 0 Å². The van der Waals surface area contributed by atoms with Crippen LogP contribution < -0.4 is 4.72 Å². The van der Waals surface area contributed by atoms with Crippen molar-refractivity contribution in [2.75, 3.05) is 0 Å². The molecule has 1 N–H and O–H groups in total. The van der Waals surface area contributed by atoms with Crippen molar-refractivity contribution < 1.29 is 27.5 Å². The number of fused-ring (bicyclic) bond motifs is 1. The normalized spacial score (nSPS) is 42.3. The van der Waals surface area contributed by atoms with Crippen molar-refractivity contribution in [1.82, 2.24) is 4.72 Å². The SMILES string of the molecule is C=CC1(OC(=O)C2C3CC4C(NS(=O)(=O)C42)C3OC(C)=O)CCCC1. The zero-order valence-electron chi connectivity index (χ0n) is 14.1. The standard InChI is InChI=1S/C17H23NO6S/c1-3-17(6-4-5-7-17)24-16(20)12-10-8-11-13(14(10)23-9(2)19)18-25(21,22)15(11)12/h3,10-15,18H,1,4-8H2,2H3. The van der Waals surface area contributed by atoms with Crippen molar-refractivity contribution in [2.45, 2.75) is 62.0 Å². The van der Waals surface area contributed by atoms with Gasteiger partial charge in [-0.1, -0.05) is 6.58 Å². The predicted octanol–water partition coefficient (Wildman–Crippen LogP) is 0.896. The van der Waals surface area contributed by atoms with Gasteiger partial charge in [-0.15, -0.1) is 0 Å². The summed E-state index contributed by atoms with van der Waals surface area (Å²) in [6.07, 6.45) is 4.97. The number of hydrogen-bond acceptors (Lipinski definition) is 6. The molecule has 3 aliphatic carbocycles. The average Bonchev–Trinajstić information content (AvgIpc) is 3.24. The highest BCUT2D eigenvalue weighted by Crippen LogP contribution is 2.56. The molecule has 6 unspecified atom stereocenters. The lowest BCUT2D eigenvalue weighted by molar-refractivity contribution is -0.167. The molecule has 1 heterocycles. The maximum absolute atomic E-state index is 13.0. The van der Waals surface area contributed by atoms with Gasteiger partial charge in [0.25, 0.3) is 0 Å². The molecule has 3 saturated carbocycles. The van der Waals surface area contributed by atoms with Crippen molar-refractivity contribution in [1.29, 1.82) is 0 Å². The van der Waals surface area contributed by atoms with Gasteiger partial charge in [0, 0.05) is 12.8 Å². The Labute approximate surface area is 147 Å². The molecule has 25 heavy (non-hydrogen) atoms.